The Kier molecular flexibility index (Phi) is 8.39. The van der Waals surface area contributed by atoms with E-state index in [2.05, 4.69) is 41.5 Å². The van der Waals surface area contributed by atoms with Crippen LogP contribution < -0.4 is 19.1 Å². The van der Waals surface area contributed by atoms with E-state index in [-0.39, 0.29) is 0 Å². The van der Waals surface area contributed by atoms with Crippen LogP contribution in [0.5, 0.6) is 17.2 Å². The predicted molar refractivity (Wildman–Crippen MR) is 140 cm³/mol. The van der Waals surface area contributed by atoms with Crippen LogP contribution in [0.25, 0.3) is 16.8 Å². The summed E-state index contributed by atoms with van der Waals surface area (Å²) < 4.78 is 24.7. The number of methoxy groups -OCH3 is 3. The van der Waals surface area contributed by atoms with Gasteiger partial charge in [0.2, 0.25) is 0 Å². The number of fused-ring (bicyclic) bond motifs is 1. The van der Waals surface area contributed by atoms with E-state index in [9.17, 15) is 0 Å². The average Bonchev–Trinajstić information content (AvgIpc) is 3.29. The van der Waals surface area contributed by atoms with E-state index in [4.69, 9.17) is 24.0 Å². The molecule has 0 radical (unpaired) electrons. The van der Waals surface area contributed by atoms with Gasteiger partial charge in [0, 0.05) is 38.4 Å². The minimum atomic E-state index is 0.644. The van der Waals surface area contributed by atoms with Crippen LogP contribution in [0, 0.1) is 5.92 Å². The zero-order valence-corrected chi connectivity index (χ0v) is 21.8. The van der Waals surface area contributed by atoms with Crippen molar-refractivity contribution in [3.8, 4) is 28.5 Å². The van der Waals surface area contributed by atoms with Crippen LogP contribution in [0.2, 0.25) is 0 Å². The highest BCUT2D eigenvalue weighted by atomic mass is 16.5. The molecule has 0 aliphatic carbocycles. The van der Waals surface area contributed by atoms with Crippen molar-refractivity contribution >= 4 is 11.2 Å². The Morgan fingerprint density at radius 1 is 1.03 bits per heavy atom. The molecule has 0 bridgehead atoms. The van der Waals surface area contributed by atoms with Gasteiger partial charge in [-0.3, -0.25) is 0 Å². The maximum Gasteiger partial charge on any atom is 0.135 e. The third kappa shape index (κ3) is 5.20. The number of anilines is 1. The lowest BCUT2D eigenvalue weighted by Gasteiger charge is -2.31. The molecule has 190 valence electrons. The Labute approximate surface area is 208 Å². The molecular formula is C28H39N3O4. The van der Waals surface area contributed by atoms with Crippen molar-refractivity contribution in [3.63, 3.8) is 0 Å². The lowest BCUT2D eigenvalue weighted by atomic mass is 9.99. The minimum Gasteiger partial charge on any atom is -0.496 e. The van der Waals surface area contributed by atoms with Gasteiger partial charge in [0.1, 0.15) is 17.2 Å². The van der Waals surface area contributed by atoms with Crippen molar-refractivity contribution in [3.05, 3.63) is 36.0 Å². The van der Waals surface area contributed by atoms with Crippen LogP contribution >= 0.6 is 0 Å². The summed E-state index contributed by atoms with van der Waals surface area (Å²) in [5.41, 5.74) is 5.28. The van der Waals surface area contributed by atoms with E-state index in [1.807, 2.05) is 12.1 Å². The molecule has 7 nitrogen and oxygen atoms in total. The zero-order valence-electron chi connectivity index (χ0n) is 21.8. The Balaban J connectivity index is 1.86. The van der Waals surface area contributed by atoms with Gasteiger partial charge in [0.15, 0.2) is 0 Å². The van der Waals surface area contributed by atoms with E-state index >= 15 is 0 Å². The Morgan fingerprint density at radius 3 is 2.34 bits per heavy atom. The van der Waals surface area contributed by atoms with Gasteiger partial charge >= 0.3 is 0 Å². The van der Waals surface area contributed by atoms with Crippen molar-refractivity contribution in [2.24, 2.45) is 5.92 Å². The molecule has 0 atom stereocenters. The molecule has 1 saturated heterocycles. The van der Waals surface area contributed by atoms with Gasteiger partial charge < -0.3 is 23.8 Å². The highest BCUT2D eigenvalue weighted by Gasteiger charge is 2.25. The maximum atomic E-state index is 5.77. The molecule has 1 aliphatic heterocycles. The van der Waals surface area contributed by atoms with Gasteiger partial charge in [-0.15, -0.1) is 0 Å². The summed E-state index contributed by atoms with van der Waals surface area (Å²) in [6.45, 7) is 8.24. The van der Waals surface area contributed by atoms with Crippen LogP contribution in [0.1, 0.15) is 45.2 Å². The topological polar surface area (TPSA) is 57.5 Å². The van der Waals surface area contributed by atoms with Crippen molar-refractivity contribution in [2.45, 2.75) is 46.0 Å². The van der Waals surface area contributed by atoms with Gasteiger partial charge in [-0.25, -0.2) is 4.52 Å². The third-order valence-corrected chi connectivity index (χ3v) is 6.92. The maximum absolute atomic E-state index is 5.77. The molecule has 3 aromatic rings. The summed E-state index contributed by atoms with van der Waals surface area (Å²) >= 11 is 0. The van der Waals surface area contributed by atoms with Crippen molar-refractivity contribution in [2.75, 3.05) is 52.5 Å². The first-order chi connectivity index (χ1) is 17.1. The minimum absolute atomic E-state index is 0.644. The summed E-state index contributed by atoms with van der Waals surface area (Å²) in [6, 6.07) is 10.1. The fourth-order valence-corrected chi connectivity index (χ4v) is 5.02. The number of ether oxygens (including phenoxy) is 4. The highest BCUT2D eigenvalue weighted by molar-refractivity contribution is 5.83. The summed E-state index contributed by atoms with van der Waals surface area (Å²) in [4.78, 5) is 2.58. The van der Waals surface area contributed by atoms with E-state index in [0.29, 0.717) is 23.2 Å². The van der Waals surface area contributed by atoms with Gasteiger partial charge in [0.25, 0.3) is 0 Å². The molecular weight excluding hydrogens is 442 g/mol. The SMILES string of the molecule is CCCCN(CC1CCOCC1)c1c(CC)nn2c(-c3c(OC)cc(OC)cc3OC)cccc12. The number of hydrogen-bond acceptors (Lipinski definition) is 6. The van der Waals surface area contributed by atoms with E-state index in [0.717, 1.165) is 80.9 Å². The number of aryl methyl sites for hydroxylation is 1. The van der Waals surface area contributed by atoms with Crippen molar-refractivity contribution in [1.29, 1.82) is 0 Å². The first kappa shape index (κ1) is 25.2. The van der Waals surface area contributed by atoms with Crippen LogP contribution in [-0.2, 0) is 11.2 Å². The molecule has 2 aromatic heterocycles. The smallest absolute Gasteiger partial charge is 0.135 e. The number of aromatic nitrogens is 2. The van der Waals surface area contributed by atoms with E-state index in [1.54, 1.807) is 21.3 Å². The molecule has 4 rings (SSSR count). The van der Waals surface area contributed by atoms with Crippen LogP contribution in [0.4, 0.5) is 5.69 Å². The summed E-state index contributed by atoms with van der Waals surface area (Å²) in [5, 5.41) is 5.13. The third-order valence-electron chi connectivity index (χ3n) is 6.92. The number of unbranched alkanes of at least 4 members (excludes halogenated alkanes) is 1. The molecule has 3 heterocycles. The van der Waals surface area contributed by atoms with Gasteiger partial charge in [-0.2, -0.15) is 5.10 Å². The molecule has 0 unspecified atom stereocenters. The number of hydrogen-bond donors (Lipinski definition) is 0. The second kappa shape index (κ2) is 11.7. The summed E-state index contributed by atoms with van der Waals surface area (Å²) in [7, 11) is 4.99. The first-order valence-electron chi connectivity index (χ1n) is 12.8. The number of nitrogens with zero attached hydrogens (tertiary/aromatic N) is 3. The monoisotopic (exact) mass is 481 g/mol. The standard InChI is InChI=1S/C28H39N3O4/c1-6-8-14-30(19-20-12-15-35-16-13-20)28-22(7-2)29-31-23(10-9-11-24(28)31)27-25(33-4)17-21(32-3)18-26(27)34-5/h9-11,17-18,20H,6-8,12-16,19H2,1-5H3. The highest BCUT2D eigenvalue weighted by Crippen LogP contribution is 2.43. The molecule has 0 saturated carbocycles. The molecule has 1 fully saturated rings. The van der Waals surface area contributed by atoms with E-state index in [1.165, 1.54) is 5.69 Å². The number of benzene rings is 1. The molecule has 1 aliphatic rings. The van der Waals surface area contributed by atoms with Crippen LogP contribution in [0.3, 0.4) is 0 Å². The molecule has 0 amide bonds. The number of pyridine rings is 1. The first-order valence-corrected chi connectivity index (χ1v) is 12.8. The fourth-order valence-electron chi connectivity index (χ4n) is 5.02. The molecule has 35 heavy (non-hydrogen) atoms. The molecule has 0 spiro atoms. The lowest BCUT2D eigenvalue weighted by Crippen LogP contribution is -2.33. The Hall–Kier alpha value is -2.93. The largest absolute Gasteiger partial charge is 0.496 e. The van der Waals surface area contributed by atoms with E-state index < -0.39 is 0 Å². The molecule has 7 heteroatoms. The van der Waals surface area contributed by atoms with Crippen molar-refractivity contribution < 1.29 is 18.9 Å². The second-order valence-electron chi connectivity index (χ2n) is 9.12. The lowest BCUT2D eigenvalue weighted by molar-refractivity contribution is 0.0682. The summed E-state index contributed by atoms with van der Waals surface area (Å²) in [5.74, 6) is 2.71. The normalized spacial score (nSPS) is 14.3. The summed E-state index contributed by atoms with van der Waals surface area (Å²) in [6.07, 6.45) is 5.42. The van der Waals surface area contributed by atoms with Gasteiger partial charge in [-0.05, 0) is 43.7 Å². The van der Waals surface area contributed by atoms with Crippen LogP contribution in [-0.4, -0.2) is 57.2 Å². The van der Waals surface area contributed by atoms with Gasteiger partial charge in [-0.1, -0.05) is 26.3 Å². The van der Waals surface area contributed by atoms with Crippen molar-refractivity contribution in [1.82, 2.24) is 9.61 Å². The predicted octanol–water partition coefficient (Wildman–Crippen LogP) is 5.62. The average molecular weight is 482 g/mol. The molecule has 0 N–H and O–H groups in total. The molecule has 1 aromatic carbocycles. The van der Waals surface area contributed by atoms with Crippen LogP contribution in [0.15, 0.2) is 30.3 Å². The van der Waals surface area contributed by atoms with Gasteiger partial charge in [0.05, 0.1) is 49.5 Å². The fraction of sp³-hybridized carbons (Fsp3) is 0.536. The second-order valence-corrected chi connectivity index (χ2v) is 9.12. The Morgan fingerprint density at radius 2 is 1.74 bits per heavy atom. The Bertz CT molecular complexity index is 1100. The quantitative estimate of drug-likeness (QED) is 0.354. The zero-order chi connectivity index (χ0) is 24.8. The number of rotatable bonds is 11.